The molecule has 0 radical (unpaired) electrons. The molecule has 0 unspecified atom stereocenters. The molecular weight excluding hydrogens is 262 g/mol. The molecule has 1 aromatic carbocycles. The Morgan fingerprint density at radius 2 is 2.00 bits per heavy atom. The standard InChI is InChI=1S/C17H19N3O/c1-20(12-15-8-4-5-9-18-15)17(21)16-10-13-6-2-3-7-14(13)11-19-16/h2-9,16,19H,10-12H2,1H3/t16-/m0/s1. The number of fused-ring (bicyclic) bond motifs is 1. The van der Waals surface area contributed by atoms with Crippen molar-refractivity contribution in [3.05, 3.63) is 65.5 Å². The van der Waals surface area contributed by atoms with Gasteiger partial charge in [0.15, 0.2) is 0 Å². The van der Waals surface area contributed by atoms with Gasteiger partial charge in [-0.3, -0.25) is 9.78 Å². The second-order valence-electron chi connectivity index (χ2n) is 5.42. The minimum atomic E-state index is -0.145. The predicted octanol–water partition coefficient (Wildman–Crippen LogP) is 1.75. The van der Waals surface area contributed by atoms with Gasteiger partial charge in [-0.15, -0.1) is 0 Å². The molecule has 1 aliphatic heterocycles. The van der Waals surface area contributed by atoms with Gasteiger partial charge in [-0.05, 0) is 29.7 Å². The van der Waals surface area contributed by atoms with Crippen molar-refractivity contribution in [2.24, 2.45) is 0 Å². The zero-order chi connectivity index (χ0) is 14.7. The SMILES string of the molecule is CN(Cc1ccccn1)C(=O)[C@@H]1Cc2ccccc2CN1. The molecule has 2 aromatic rings. The number of aromatic nitrogens is 1. The molecule has 2 heterocycles. The Labute approximate surface area is 124 Å². The van der Waals surface area contributed by atoms with E-state index in [9.17, 15) is 4.79 Å². The molecule has 0 saturated carbocycles. The molecule has 4 heteroatoms. The first kappa shape index (κ1) is 13.8. The van der Waals surface area contributed by atoms with Crippen molar-refractivity contribution in [2.75, 3.05) is 7.05 Å². The molecular formula is C17H19N3O. The third-order valence-corrected chi connectivity index (χ3v) is 3.88. The van der Waals surface area contributed by atoms with Gasteiger partial charge in [-0.25, -0.2) is 0 Å². The van der Waals surface area contributed by atoms with Crippen LogP contribution in [0.15, 0.2) is 48.7 Å². The normalized spacial score (nSPS) is 17.1. The molecule has 3 rings (SSSR count). The molecule has 0 aliphatic carbocycles. The van der Waals surface area contributed by atoms with E-state index in [0.717, 1.165) is 18.7 Å². The van der Waals surface area contributed by atoms with E-state index in [0.29, 0.717) is 6.54 Å². The van der Waals surface area contributed by atoms with Crippen LogP contribution in [0.4, 0.5) is 0 Å². The lowest BCUT2D eigenvalue weighted by atomic mass is 9.95. The third kappa shape index (κ3) is 3.11. The van der Waals surface area contributed by atoms with E-state index in [4.69, 9.17) is 0 Å². The minimum absolute atomic E-state index is 0.121. The van der Waals surface area contributed by atoms with Crippen LogP contribution in [0.2, 0.25) is 0 Å². The van der Waals surface area contributed by atoms with Crippen LogP contribution >= 0.6 is 0 Å². The molecule has 108 valence electrons. The number of hydrogen-bond donors (Lipinski definition) is 1. The number of nitrogens with zero attached hydrogens (tertiary/aromatic N) is 2. The number of hydrogen-bond acceptors (Lipinski definition) is 3. The molecule has 4 nitrogen and oxygen atoms in total. The summed E-state index contributed by atoms with van der Waals surface area (Å²) >= 11 is 0. The van der Waals surface area contributed by atoms with E-state index >= 15 is 0 Å². The Bertz CT molecular complexity index is 627. The number of nitrogens with one attached hydrogen (secondary N) is 1. The largest absolute Gasteiger partial charge is 0.338 e. The molecule has 0 spiro atoms. The van der Waals surface area contributed by atoms with Crippen LogP contribution in [0.1, 0.15) is 16.8 Å². The van der Waals surface area contributed by atoms with E-state index in [-0.39, 0.29) is 11.9 Å². The van der Waals surface area contributed by atoms with Crippen molar-refractivity contribution in [1.29, 1.82) is 0 Å². The maximum Gasteiger partial charge on any atom is 0.240 e. The topological polar surface area (TPSA) is 45.2 Å². The van der Waals surface area contributed by atoms with Crippen LogP contribution in [0.25, 0.3) is 0 Å². The average Bonchev–Trinajstić information content (AvgIpc) is 2.54. The quantitative estimate of drug-likeness (QED) is 0.932. The monoisotopic (exact) mass is 281 g/mol. The fraction of sp³-hybridized carbons (Fsp3) is 0.294. The average molecular weight is 281 g/mol. The van der Waals surface area contributed by atoms with Crippen molar-refractivity contribution < 1.29 is 4.79 Å². The fourth-order valence-corrected chi connectivity index (χ4v) is 2.71. The van der Waals surface area contributed by atoms with Gasteiger partial charge in [-0.2, -0.15) is 0 Å². The van der Waals surface area contributed by atoms with E-state index in [1.54, 1.807) is 11.1 Å². The summed E-state index contributed by atoms with van der Waals surface area (Å²) in [7, 11) is 1.83. The number of likely N-dealkylation sites (N-methyl/N-ethyl adjacent to an activating group) is 1. The second kappa shape index (κ2) is 6.06. The molecule has 0 saturated heterocycles. The Morgan fingerprint density at radius 3 is 2.76 bits per heavy atom. The Kier molecular flexibility index (Phi) is 3.97. The van der Waals surface area contributed by atoms with Gasteiger partial charge in [0.25, 0.3) is 0 Å². The van der Waals surface area contributed by atoms with Crippen molar-refractivity contribution in [2.45, 2.75) is 25.6 Å². The first-order chi connectivity index (χ1) is 10.2. The van der Waals surface area contributed by atoms with Crippen molar-refractivity contribution >= 4 is 5.91 Å². The molecule has 1 aliphatic rings. The van der Waals surface area contributed by atoms with Gasteiger partial charge >= 0.3 is 0 Å². The highest BCUT2D eigenvalue weighted by Gasteiger charge is 2.26. The highest BCUT2D eigenvalue weighted by atomic mass is 16.2. The highest BCUT2D eigenvalue weighted by Crippen LogP contribution is 2.17. The van der Waals surface area contributed by atoms with Crippen molar-refractivity contribution in [3.63, 3.8) is 0 Å². The number of carbonyl (C=O) groups is 1. The Balaban J connectivity index is 1.66. The summed E-state index contributed by atoms with van der Waals surface area (Å²) in [5.74, 6) is 0.121. The number of benzene rings is 1. The lowest BCUT2D eigenvalue weighted by Gasteiger charge is -2.29. The summed E-state index contributed by atoms with van der Waals surface area (Å²) in [6, 6.07) is 13.9. The summed E-state index contributed by atoms with van der Waals surface area (Å²) in [6.07, 6.45) is 2.50. The van der Waals surface area contributed by atoms with Crippen molar-refractivity contribution in [3.8, 4) is 0 Å². The number of rotatable bonds is 3. The van der Waals surface area contributed by atoms with Crippen LogP contribution in [0.3, 0.4) is 0 Å². The first-order valence-corrected chi connectivity index (χ1v) is 7.19. The first-order valence-electron chi connectivity index (χ1n) is 7.19. The molecule has 1 amide bonds. The molecule has 1 aromatic heterocycles. The van der Waals surface area contributed by atoms with E-state index in [1.165, 1.54) is 11.1 Å². The molecule has 1 N–H and O–H groups in total. The van der Waals surface area contributed by atoms with Gasteiger partial charge in [0, 0.05) is 19.8 Å². The maximum atomic E-state index is 12.5. The Hall–Kier alpha value is -2.20. The van der Waals surface area contributed by atoms with Gasteiger partial charge in [0.1, 0.15) is 0 Å². The number of pyridine rings is 1. The predicted molar refractivity (Wildman–Crippen MR) is 81.5 cm³/mol. The summed E-state index contributed by atoms with van der Waals surface area (Å²) in [6.45, 7) is 1.30. The summed E-state index contributed by atoms with van der Waals surface area (Å²) in [5, 5.41) is 3.33. The van der Waals surface area contributed by atoms with Gasteiger partial charge in [-0.1, -0.05) is 30.3 Å². The fourth-order valence-electron chi connectivity index (χ4n) is 2.71. The van der Waals surface area contributed by atoms with Gasteiger partial charge < -0.3 is 10.2 Å². The molecule has 0 bridgehead atoms. The summed E-state index contributed by atoms with van der Waals surface area (Å²) < 4.78 is 0. The zero-order valence-electron chi connectivity index (χ0n) is 12.1. The molecule has 0 fully saturated rings. The van der Waals surface area contributed by atoms with Crippen LogP contribution in [0, 0.1) is 0 Å². The summed E-state index contributed by atoms with van der Waals surface area (Å²) in [4.78, 5) is 18.6. The summed E-state index contributed by atoms with van der Waals surface area (Å²) in [5.41, 5.74) is 3.46. The van der Waals surface area contributed by atoms with E-state index in [2.05, 4.69) is 22.4 Å². The van der Waals surface area contributed by atoms with Gasteiger partial charge in [0.2, 0.25) is 5.91 Å². The Morgan fingerprint density at radius 1 is 1.24 bits per heavy atom. The van der Waals surface area contributed by atoms with E-state index < -0.39 is 0 Å². The van der Waals surface area contributed by atoms with Crippen LogP contribution < -0.4 is 5.32 Å². The number of carbonyl (C=O) groups excluding carboxylic acids is 1. The minimum Gasteiger partial charge on any atom is -0.338 e. The second-order valence-corrected chi connectivity index (χ2v) is 5.42. The van der Waals surface area contributed by atoms with Crippen molar-refractivity contribution in [1.82, 2.24) is 15.2 Å². The number of amides is 1. The third-order valence-electron chi connectivity index (χ3n) is 3.88. The van der Waals surface area contributed by atoms with Crippen LogP contribution in [0.5, 0.6) is 0 Å². The molecule has 21 heavy (non-hydrogen) atoms. The lowest BCUT2D eigenvalue weighted by molar-refractivity contribution is -0.132. The van der Waals surface area contributed by atoms with Crippen LogP contribution in [-0.2, 0) is 24.3 Å². The maximum absolute atomic E-state index is 12.5. The smallest absolute Gasteiger partial charge is 0.240 e. The highest BCUT2D eigenvalue weighted by molar-refractivity contribution is 5.82. The van der Waals surface area contributed by atoms with Crippen LogP contribution in [-0.4, -0.2) is 28.9 Å². The lowest BCUT2D eigenvalue weighted by Crippen LogP contribution is -2.48. The van der Waals surface area contributed by atoms with Gasteiger partial charge in [0.05, 0.1) is 18.3 Å². The zero-order valence-corrected chi connectivity index (χ0v) is 12.1. The molecule has 1 atom stereocenters. The van der Waals surface area contributed by atoms with E-state index in [1.807, 2.05) is 37.4 Å².